The van der Waals surface area contributed by atoms with E-state index in [0.717, 1.165) is 36.3 Å². The van der Waals surface area contributed by atoms with Crippen LogP contribution in [0.3, 0.4) is 0 Å². The van der Waals surface area contributed by atoms with Crippen LogP contribution < -0.4 is 9.47 Å². The number of ether oxygens (including phenoxy) is 2. The van der Waals surface area contributed by atoms with Crippen molar-refractivity contribution in [3.8, 4) is 11.5 Å². The maximum absolute atomic E-state index is 6.95. The van der Waals surface area contributed by atoms with Gasteiger partial charge >= 0.3 is 0 Å². The fraction of sp³-hybridized carbons (Fsp3) is 0.316. The van der Waals surface area contributed by atoms with Gasteiger partial charge in [-0.05, 0) is 48.6 Å². The molecule has 0 saturated carbocycles. The van der Waals surface area contributed by atoms with E-state index >= 15 is 0 Å². The molecule has 0 N–H and O–H groups in total. The van der Waals surface area contributed by atoms with Crippen molar-refractivity contribution in [2.45, 2.75) is 38.9 Å². The summed E-state index contributed by atoms with van der Waals surface area (Å²) in [6, 6.07) is 13.5. The second kappa shape index (κ2) is 6.53. The normalized spacial score (nSPS) is 16.3. The fourth-order valence-electron chi connectivity index (χ4n) is 2.63. The number of hydrogen-bond donors (Lipinski definition) is 0. The van der Waals surface area contributed by atoms with E-state index in [1.165, 1.54) is 5.56 Å². The van der Waals surface area contributed by atoms with E-state index in [9.17, 15) is 0 Å². The highest BCUT2D eigenvalue weighted by molar-refractivity contribution is 5.45. The molecule has 1 heterocycles. The molecule has 3 nitrogen and oxygen atoms in total. The Morgan fingerprint density at radius 3 is 2.77 bits per heavy atom. The Morgan fingerprint density at radius 1 is 1.23 bits per heavy atom. The van der Waals surface area contributed by atoms with Gasteiger partial charge in [0.2, 0.25) is 0 Å². The number of rotatable bonds is 4. The van der Waals surface area contributed by atoms with Crippen LogP contribution >= 0.6 is 0 Å². The average molecular weight is 293 g/mol. The number of fused-ring (bicyclic) bond motifs is 1. The van der Waals surface area contributed by atoms with Crippen molar-refractivity contribution in [2.75, 3.05) is 0 Å². The van der Waals surface area contributed by atoms with E-state index in [0.29, 0.717) is 18.4 Å². The van der Waals surface area contributed by atoms with Gasteiger partial charge in [0.05, 0.1) is 12.7 Å². The summed E-state index contributed by atoms with van der Waals surface area (Å²) in [5, 5.41) is 0. The molecule has 2 aromatic rings. The Kier molecular flexibility index (Phi) is 4.29. The minimum atomic E-state index is 0.347. The Labute approximate surface area is 131 Å². The summed E-state index contributed by atoms with van der Waals surface area (Å²) in [7, 11) is 0. The van der Waals surface area contributed by atoms with Gasteiger partial charge in [0, 0.05) is 0 Å². The van der Waals surface area contributed by atoms with E-state index in [2.05, 4.69) is 17.8 Å². The number of benzene rings is 2. The molecule has 0 bridgehead atoms. The molecule has 22 heavy (non-hydrogen) atoms. The lowest BCUT2D eigenvalue weighted by atomic mass is 10.0. The van der Waals surface area contributed by atoms with Gasteiger partial charge in [0.1, 0.15) is 18.1 Å². The second-order valence-corrected chi connectivity index (χ2v) is 5.52. The molecule has 0 aromatic heterocycles. The summed E-state index contributed by atoms with van der Waals surface area (Å²) in [5.41, 5.74) is 2.94. The summed E-state index contributed by atoms with van der Waals surface area (Å²) < 4.78 is 11.8. The highest BCUT2D eigenvalue weighted by Gasteiger charge is 2.18. The summed E-state index contributed by atoms with van der Waals surface area (Å²) in [5.74, 6) is 1.86. The third kappa shape index (κ3) is 3.23. The SMILES string of the molecule is [C-]#[N+]c1ccc(COc2ccc3c(c2)CCC(CC)O3)cc1. The minimum absolute atomic E-state index is 0.347. The van der Waals surface area contributed by atoms with Crippen LogP contribution in [0, 0.1) is 6.57 Å². The Hall–Kier alpha value is -2.47. The van der Waals surface area contributed by atoms with Gasteiger partial charge in [-0.3, -0.25) is 0 Å². The Bertz CT molecular complexity index is 686. The second-order valence-electron chi connectivity index (χ2n) is 5.52. The van der Waals surface area contributed by atoms with Crippen LogP contribution in [0.2, 0.25) is 0 Å². The van der Waals surface area contributed by atoms with Gasteiger partial charge in [-0.15, -0.1) is 0 Å². The minimum Gasteiger partial charge on any atom is -0.490 e. The molecular formula is C19H19NO2. The molecule has 0 fully saturated rings. The van der Waals surface area contributed by atoms with Crippen molar-refractivity contribution >= 4 is 5.69 Å². The lowest BCUT2D eigenvalue weighted by Crippen LogP contribution is -2.21. The molecule has 0 spiro atoms. The fourth-order valence-corrected chi connectivity index (χ4v) is 2.63. The lowest BCUT2D eigenvalue weighted by molar-refractivity contribution is 0.169. The van der Waals surface area contributed by atoms with Gasteiger partial charge in [-0.25, -0.2) is 4.85 Å². The van der Waals surface area contributed by atoms with Crippen LogP contribution in [0.1, 0.15) is 30.9 Å². The van der Waals surface area contributed by atoms with Gasteiger partial charge < -0.3 is 9.47 Å². The van der Waals surface area contributed by atoms with E-state index in [4.69, 9.17) is 16.0 Å². The van der Waals surface area contributed by atoms with Crippen molar-refractivity contribution in [3.63, 3.8) is 0 Å². The summed E-state index contributed by atoms with van der Waals surface area (Å²) in [4.78, 5) is 3.39. The molecular weight excluding hydrogens is 274 g/mol. The van der Waals surface area contributed by atoms with E-state index < -0.39 is 0 Å². The lowest BCUT2D eigenvalue weighted by Gasteiger charge is -2.25. The van der Waals surface area contributed by atoms with Crippen LogP contribution in [0.25, 0.3) is 4.85 Å². The molecule has 2 aromatic carbocycles. The van der Waals surface area contributed by atoms with Crippen molar-refractivity contribution < 1.29 is 9.47 Å². The Morgan fingerprint density at radius 2 is 2.05 bits per heavy atom. The molecule has 3 rings (SSSR count). The molecule has 1 atom stereocenters. The highest BCUT2D eigenvalue weighted by atomic mass is 16.5. The van der Waals surface area contributed by atoms with Crippen LogP contribution in [0.4, 0.5) is 5.69 Å². The van der Waals surface area contributed by atoms with Crippen LogP contribution in [0.5, 0.6) is 11.5 Å². The number of aryl methyl sites for hydroxylation is 1. The first-order valence-electron chi connectivity index (χ1n) is 7.67. The van der Waals surface area contributed by atoms with Gasteiger partial charge in [0.25, 0.3) is 0 Å². The molecule has 3 heteroatoms. The predicted molar refractivity (Wildman–Crippen MR) is 86.5 cm³/mol. The maximum Gasteiger partial charge on any atom is 0.187 e. The van der Waals surface area contributed by atoms with Crippen molar-refractivity contribution in [1.82, 2.24) is 0 Å². The van der Waals surface area contributed by atoms with Crippen molar-refractivity contribution in [3.05, 3.63) is 65.0 Å². The zero-order chi connectivity index (χ0) is 15.4. The zero-order valence-corrected chi connectivity index (χ0v) is 12.7. The quantitative estimate of drug-likeness (QED) is 0.747. The van der Waals surface area contributed by atoms with Gasteiger partial charge in [-0.2, -0.15) is 0 Å². The standard InChI is InChI=1S/C19H19NO2/c1-3-17-9-6-15-12-18(10-11-19(15)22-17)21-13-14-4-7-16(20-2)8-5-14/h4-5,7-8,10-12,17H,3,6,9,13H2,1H3. The third-order valence-corrected chi connectivity index (χ3v) is 3.99. The molecule has 0 radical (unpaired) electrons. The first-order chi connectivity index (χ1) is 10.8. The van der Waals surface area contributed by atoms with E-state index in [1.54, 1.807) is 0 Å². The molecule has 1 aliphatic rings. The molecule has 112 valence electrons. The first-order valence-corrected chi connectivity index (χ1v) is 7.67. The van der Waals surface area contributed by atoms with E-state index in [1.807, 2.05) is 36.4 Å². The summed E-state index contributed by atoms with van der Waals surface area (Å²) in [6.07, 6.45) is 3.52. The monoisotopic (exact) mass is 293 g/mol. The molecule has 1 aliphatic heterocycles. The van der Waals surface area contributed by atoms with E-state index in [-0.39, 0.29) is 0 Å². The van der Waals surface area contributed by atoms with Crippen molar-refractivity contribution in [1.29, 1.82) is 0 Å². The summed E-state index contributed by atoms with van der Waals surface area (Å²) in [6.45, 7) is 9.62. The van der Waals surface area contributed by atoms with Crippen molar-refractivity contribution in [2.24, 2.45) is 0 Å². The predicted octanol–water partition coefficient (Wildman–Crippen LogP) is 4.92. The molecule has 1 unspecified atom stereocenters. The van der Waals surface area contributed by atoms with Crippen LogP contribution in [0.15, 0.2) is 42.5 Å². The highest BCUT2D eigenvalue weighted by Crippen LogP contribution is 2.32. The topological polar surface area (TPSA) is 22.8 Å². The summed E-state index contributed by atoms with van der Waals surface area (Å²) >= 11 is 0. The molecule has 0 amide bonds. The molecule has 0 aliphatic carbocycles. The number of hydrogen-bond acceptors (Lipinski definition) is 2. The zero-order valence-electron chi connectivity index (χ0n) is 12.7. The largest absolute Gasteiger partial charge is 0.490 e. The molecule has 0 saturated heterocycles. The number of nitrogens with zero attached hydrogens (tertiary/aromatic N) is 1. The van der Waals surface area contributed by atoms with Gasteiger partial charge in [0.15, 0.2) is 5.69 Å². The van der Waals surface area contributed by atoms with Crippen LogP contribution in [-0.2, 0) is 13.0 Å². The van der Waals surface area contributed by atoms with Gasteiger partial charge in [-0.1, -0.05) is 31.2 Å². The Balaban J connectivity index is 1.65. The smallest absolute Gasteiger partial charge is 0.187 e. The van der Waals surface area contributed by atoms with Crippen LogP contribution in [-0.4, -0.2) is 6.10 Å². The maximum atomic E-state index is 6.95. The third-order valence-electron chi connectivity index (χ3n) is 3.99. The first kappa shape index (κ1) is 14.5. The average Bonchev–Trinajstić information content (AvgIpc) is 2.59.